The summed E-state index contributed by atoms with van der Waals surface area (Å²) in [6.07, 6.45) is 4.30. The van der Waals surface area contributed by atoms with E-state index in [1.165, 1.54) is 0 Å². The van der Waals surface area contributed by atoms with Crippen LogP contribution in [-0.4, -0.2) is 31.2 Å². The predicted molar refractivity (Wildman–Crippen MR) is 102 cm³/mol. The summed E-state index contributed by atoms with van der Waals surface area (Å²) in [4.78, 5) is 17.0. The number of rotatable bonds is 9. The van der Waals surface area contributed by atoms with Gasteiger partial charge in [0.25, 0.3) is 5.91 Å². The number of amides is 1. The number of carbonyl (C=O) groups excluding carboxylic acids is 1. The van der Waals surface area contributed by atoms with Gasteiger partial charge in [0, 0.05) is 37.7 Å². The standard InChI is InChI=1S/C20H27N3O2/c1-4-15-8-6-9-16(5-2)19(15)23-20(24)17-10-12-22-18(14-17)21-11-7-13-25-3/h6,8-10,12,14H,4-5,7,11,13H2,1-3H3,(H,21,22)(H,23,24). The molecule has 0 spiro atoms. The van der Waals surface area contributed by atoms with Crippen molar-refractivity contribution < 1.29 is 9.53 Å². The molecule has 2 rings (SSSR count). The van der Waals surface area contributed by atoms with Gasteiger partial charge in [0.15, 0.2) is 0 Å². The SMILES string of the molecule is CCc1cccc(CC)c1NC(=O)c1ccnc(NCCCOC)c1. The Labute approximate surface area is 149 Å². The van der Waals surface area contributed by atoms with Gasteiger partial charge in [-0.15, -0.1) is 0 Å². The number of para-hydroxylation sites is 1. The lowest BCUT2D eigenvalue weighted by atomic mass is 10.0. The third-order valence-corrected chi connectivity index (χ3v) is 4.09. The number of aromatic nitrogens is 1. The normalized spacial score (nSPS) is 10.5. The molecule has 2 aromatic rings. The average molecular weight is 341 g/mol. The maximum absolute atomic E-state index is 12.7. The van der Waals surface area contributed by atoms with Crippen molar-refractivity contribution in [1.29, 1.82) is 0 Å². The Kier molecular flexibility index (Phi) is 7.41. The molecule has 2 N–H and O–H groups in total. The van der Waals surface area contributed by atoms with Crippen molar-refractivity contribution >= 4 is 17.4 Å². The molecule has 5 nitrogen and oxygen atoms in total. The average Bonchev–Trinajstić information content (AvgIpc) is 2.65. The first-order chi connectivity index (χ1) is 12.2. The number of benzene rings is 1. The number of aryl methyl sites for hydroxylation is 2. The van der Waals surface area contributed by atoms with Crippen molar-refractivity contribution in [2.45, 2.75) is 33.1 Å². The molecule has 25 heavy (non-hydrogen) atoms. The molecule has 0 unspecified atom stereocenters. The number of ether oxygens (including phenoxy) is 1. The van der Waals surface area contributed by atoms with E-state index in [-0.39, 0.29) is 5.91 Å². The van der Waals surface area contributed by atoms with E-state index < -0.39 is 0 Å². The third-order valence-electron chi connectivity index (χ3n) is 4.09. The highest BCUT2D eigenvalue weighted by Crippen LogP contribution is 2.23. The maximum Gasteiger partial charge on any atom is 0.255 e. The molecule has 0 atom stereocenters. The van der Waals surface area contributed by atoms with E-state index in [1.54, 1.807) is 25.4 Å². The first-order valence-corrected chi connectivity index (χ1v) is 8.80. The molecular formula is C20H27N3O2. The van der Waals surface area contributed by atoms with Crippen LogP contribution in [0.15, 0.2) is 36.5 Å². The molecule has 0 saturated heterocycles. The van der Waals surface area contributed by atoms with Crippen LogP contribution < -0.4 is 10.6 Å². The Bertz CT molecular complexity index is 679. The fourth-order valence-corrected chi connectivity index (χ4v) is 2.69. The van der Waals surface area contributed by atoms with Gasteiger partial charge in [0.1, 0.15) is 5.82 Å². The highest BCUT2D eigenvalue weighted by molar-refractivity contribution is 6.05. The van der Waals surface area contributed by atoms with Crippen LogP contribution in [0, 0.1) is 0 Å². The first-order valence-electron chi connectivity index (χ1n) is 8.80. The Morgan fingerprint density at radius 1 is 1.16 bits per heavy atom. The molecule has 0 fully saturated rings. The lowest BCUT2D eigenvalue weighted by Crippen LogP contribution is -2.15. The largest absolute Gasteiger partial charge is 0.385 e. The summed E-state index contributed by atoms with van der Waals surface area (Å²) in [5.41, 5.74) is 3.83. The lowest BCUT2D eigenvalue weighted by molar-refractivity contribution is 0.102. The zero-order chi connectivity index (χ0) is 18.1. The highest BCUT2D eigenvalue weighted by atomic mass is 16.5. The Balaban J connectivity index is 2.11. The summed E-state index contributed by atoms with van der Waals surface area (Å²) in [6.45, 7) is 5.64. The number of hydrogen-bond acceptors (Lipinski definition) is 4. The molecule has 0 aliphatic heterocycles. The minimum Gasteiger partial charge on any atom is -0.385 e. The van der Waals surface area contributed by atoms with Crippen LogP contribution in [0.3, 0.4) is 0 Å². The summed E-state index contributed by atoms with van der Waals surface area (Å²) in [6, 6.07) is 9.67. The lowest BCUT2D eigenvalue weighted by Gasteiger charge is -2.15. The van der Waals surface area contributed by atoms with Crippen molar-refractivity contribution in [2.24, 2.45) is 0 Å². The van der Waals surface area contributed by atoms with E-state index in [9.17, 15) is 4.79 Å². The molecule has 5 heteroatoms. The highest BCUT2D eigenvalue weighted by Gasteiger charge is 2.12. The van der Waals surface area contributed by atoms with Gasteiger partial charge >= 0.3 is 0 Å². The first kappa shape index (κ1) is 18.9. The van der Waals surface area contributed by atoms with Crippen LogP contribution in [0.1, 0.15) is 41.8 Å². The number of carbonyl (C=O) groups is 1. The monoisotopic (exact) mass is 341 g/mol. The molecule has 1 amide bonds. The Hall–Kier alpha value is -2.40. The molecule has 0 aliphatic rings. The predicted octanol–water partition coefficient (Wildman–Crippen LogP) is 3.91. The van der Waals surface area contributed by atoms with Gasteiger partial charge in [-0.3, -0.25) is 4.79 Å². The van der Waals surface area contributed by atoms with Crippen LogP contribution in [0.5, 0.6) is 0 Å². The fourth-order valence-electron chi connectivity index (χ4n) is 2.69. The quantitative estimate of drug-likeness (QED) is 0.679. The van der Waals surface area contributed by atoms with Crippen molar-refractivity contribution in [2.75, 3.05) is 30.9 Å². The molecule has 0 bridgehead atoms. The third kappa shape index (κ3) is 5.29. The van der Waals surface area contributed by atoms with E-state index in [4.69, 9.17) is 4.74 Å². The van der Waals surface area contributed by atoms with Crippen molar-refractivity contribution in [3.8, 4) is 0 Å². The van der Waals surface area contributed by atoms with E-state index in [0.717, 1.165) is 42.6 Å². The van der Waals surface area contributed by atoms with Gasteiger partial charge in [0.2, 0.25) is 0 Å². The van der Waals surface area contributed by atoms with Gasteiger partial charge in [-0.2, -0.15) is 0 Å². The van der Waals surface area contributed by atoms with Crippen LogP contribution in [0.2, 0.25) is 0 Å². The van der Waals surface area contributed by atoms with Crippen LogP contribution >= 0.6 is 0 Å². The molecule has 1 aromatic heterocycles. The van der Waals surface area contributed by atoms with Gasteiger partial charge in [-0.1, -0.05) is 32.0 Å². The topological polar surface area (TPSA) is 63.2 Å². The summed E-state index contributed by atoms with van der Waals surface area (Å²) in [5, 5.41) is 6.30. The summed E-state index contributed by atoms with van der Waals surface area (Å²) >= 11 is 0. The van der Waals surface area contributed by atoms with Crippen molar-refractivity contribution in [3.63, 3.8) is 0 Å². The molecular weight excluding hydrogens is 314 g/mol. The maximum atomic E-state index is 12.7. The van der Waals surface area contributed by atoms with Gasteiger partial charge in [-0.05, 0) is 42.5 Å². The zero-order valence-corrected chi connectivity index (χ0v) is 15.3. The number of methoxy groups -OCH3 is 1. The van der Waals surface area contributed by atoms with Crippen LogP contribution in [0.4, 0.5) is 11.5 Å². The molecule has 0 radical (unpaired) electrons. The second kappa shape index (κ2) is 9.79. The summed E-state index contributed by atoms with van der Waals surface area (Å²) < 4.78 is 5.03. The van der Waals surface area contributed by atoms with Crippen molar-refractivity contribution in [3.05, 3.63) is 53.2 Å². The second-order valence-corrected chi connectivity index (χ2v) is 5.82. The van der Waals surface area contributed by atoms with Crippen molar-refractivity contribution in [1.82, 2.24) is 4.98 Å². The van der Waals surface area contributed by atoms with Gasteiger partial charge in [-0.25, -0.2) is 4.98 Å². The number of nitrogens with one attached hydrogen (secondary N) is 2. The second-order valence-electron chi connectivity index (χ2n) is 5.82. The minimum absolute atomic E-state index is 0.113. The number of nitrogens with zero attached hydrogens (tertiary/aromatic N) is 1. The van der Waals surface area contributed by atoms with Gasteiger partial charge < -0.3 is 15.4 Å². The molecule has 1 aromatic carbocycles. The van der Waals surface area contributed by atoms with E-state index in [1.807, 2.05) is 6.07 Å². The number of pyridine rings is 1. The summed E-state index contributed by atoms with van der Waals surface area (Å²) in [5.74, 6) is 0.584. The van der Waals surface area contributed by atoms with E-state index in [2.05, 4.69) is 41.6 Å². The zero-order valence-electron chi connectivity index (χ0n) is 15.3. The molecule has 0 aliphatic carbocycles. The molecule has 0 saturated carbocycles. The summed E-state index contributed by atoms with van der Waals surface area (Å²) in [7, 11) is 1.68. The number of anilines is 2. The van der Waals surface area contributed by atoms with E-state index >= 15 is 0 Å². The fraction of sp³-hybridized carbons (Fsp3) is 0.400. The smallest absolute Gasteiger partial charge is 0.255 e. The van der Waals surface area contributed by atoms with Crippen LogP contribution in [-0.2, 0) is 17.6 Å². The Morgan fingerprint density at radius 3 is 2.52 bits per heavy atom. The van der Waals surface area contributed by atoms with Gasteiger partial charge in [0.05, 0.1) is 0 Å². The van der Waals surface area contributed by atoms with Crippen LogP contribution in [0.25, 0.3) is 0 Å². The minimum atomic E-state index is -0.113. The number of hydrogen-bond donors (Lipinski definition) is 2. The van der Waals surface area contributed by atoms with E-state index in [0.29, 0.717) is 18.0 Å². The molecule has 134 valence electrons. The Morgan fingerprint density at radius 2 is 1.88 bits per heavy atom. The molecule has 1 heterocycles.